The largest absolute Gasteiger partial charge is 0.462 e. The third kappa shape index (κ3) is 8.91. The molecule has 0 saturated heterocycles. The Kier molecular flexibility index (Phi) is 9.76. The number of rotatable bonds is 9. The number of anilines is 1. The van der Waals surface area contributed by atoms with E-state index in [2.05, 4.69) is 5.32 Å². The average molecular weight is 444 g/mol. The lowest BCUT2D eigenvalue weighted by atomic mass is 10.1. The lowest BCUT2D eigenvalue weighted by molar-refractivity contribution is -0.190. The molecule has 0 aromatic heterocycles. The number of nitrogens with one attached hydrogen (secondary N) is 1. The summed E-state index contributed by atoms with van der Waals surface area (Å²) < 4.78 is 20.1. The fraction of sp³-hybridized carbons (Fsp3) is 0.421. The molecule has 1 N–H and O–H groups in total. The van der Waals surface area contributed by atoms with Crippen molar-refractivity contribution >= 4 is 47.1 Å². The van der Waals surface area contributed by atoms with Crippen molar-refractivity contribution in [2.45, 2.75) is 46.0 Å². The minimum atomic E-state index is -1.72. The van der Waals surface area contributed by atoms with Crippen molar-refractivity contribution in [2.75, 3.05) is 11.9 Å². The molecule has 0 spiro atoms. The summed E-state index contributed by atoms with van der Waals surface area (Å²) in [6, 6.07) is 6.02. The third-order valence-electron chi connectivity index (χ3n) is 3.40. The van der Waals surface area contributed by atoms with Gasteiger partial charge in [-0.1, -0.05) is 11.6 Å². The molecule has 0 unspecified atom stereocenters. The lowest BCUT2D eigenvalue weighted by Gasteiger charge is -2.30. The zero-order valence-electron chi connectivity index (χ0n) is 16.8. The van der Waals surface area contributed by atoms with Crippen LogP contribution in [-0.2, 0) is 42.9 Å². The Bertz CT molecular complexity index is 794. The van der Waals surface area contributed by atoms with Crippen molar-refractivity contribution < 1.29 is 42.9 Å². The third-order valence-corrected chi connectivity index (χ3v) is 3.65. The van der Waals surface area contributed by atoms with Crippen LogP contribution >= 0.6 is 11.6 Å². The van der Waals surface area contributed by atoms with Gasteiger partial charge in [-0.15, -0.1) is 0 Å². The summed E-state index contributed by atoms with van der Waals surface area (Å²) in [5.74, 6) is -4.10. The average Bonchev–Trinajstić information content (AvgIpc) is 2.62. The lowest BCUT2D eigenvalue weighted by Crippen LogP contribution is -2.52. The number of amides is 1. The second-order valence-corrected chi connectivity index (χ2v) is 6.49. The number of hydrogen-bond acceptors (Lipinski definition) is 9. The van der Waals surface area contributed by atoms with Crippen LogP contribution in [0.1, 0.15) is 27.7 Å². The number of hydrogen-bond donors (Lipinski definition) is 1. The number of carbonyl (C=O) groups is 5. The molecule has 1 rings (SSSR count). The molecule has 164 valence electrons. The van der Waals surface area contributed by atoms with E-state index in [-0.39, 0.29) is 0 Å². The molecule has 11 heteroatoms. The molecule has 1 amide bonds. The number of esters is 4. The number of ether oxygens (including phenoxy) is 4. The molecule has 0 aliphatic heterocycles. The van der Waals surface area contributed by atoms with Crippen LogP contribution in [0, 0.1) is 0 Å². The second kappa shape index (κ2) is 11.8. The van der Waals surface area contributed by atoms with Gasteiger partial charge in [0.25, 0.3) is 5.91 Å². The molecule has 0 saturated carbocycles. The Morgan fingerprint density at radius 2 is 1.37 bits per heavy atom. The first-order chi connectivity index (χ1) is 14.0. The first-order valence-electron chi connectivity index (χ1n) is 8.71. The molecule has 3 atom stereocenters. The standard InChI is InChI=1S/C19H22ClNO9/c1-10(22)27-9-16(28-11(2)23)17(29-12(3)24)18(30-13(4)25)19(26)21-15-7-5-14(20)6-8-15/h5-8,16-18H,9H2,1-4H3,(H,21,26)/t16-,17-,18+/m0/s1. The van der Waals surface area contributed by atoms with Crippen LogP contribution in [0.3, 0.4) is 0 Å². The predicted octanol–water partition coefficient (Wildman–Crippen LogP) is 1.64. The van der Waals surface area contributed by atoms with Crippen molar-refractivity contribution in [2.24, 2.45) is 0 Å². The van der Waals surface area contributed by atoms with E-state index in [0.29, 0.717) is 10.7 Å². The zero-order chi connectivity index (χ0) is 22.8. The molecular weight excluding hydrogens is 422 g/mol. The van der Waals surface area contributed by atoms with Crippen LogP contribution in [0.2, 0.25) is 5.02 Å². The minimum absolute atomic E-state index is 0.312. The van der Waals surface area contributed by atoms with Crippen molar-refractivity contribution in [1.82, 2.24) is 0 Å². The Morgan fingerprint density at radius 1 is 0.833 bits per heavy atom. The highest BCUT2D eigenvalue weighted by Crippen LogP contribution is 2.19. The monoisotopic (exact) mass is 443 g/mol. The predicted molar refractivity (Wildman–Crippen MR) is 103 cm³/mol. The maximum atomic E-state index is 12.8. The van der Waals surface area contributed by atoms with E-state index in [1.165, 1.54) is 24.3 Å². The van der Waals surface area contributed by atoms with Gasteiger partial charge in [0.05, 0.1) is 0 Å². The summed E-state index contributed by atoms with van der Waals surface area (Å²) in [4.78, 5) is 58.7. The van der Waals surface area contributed by atoms with Crippen LogP contribution in [0.5, 0.6) is 0 Å². The van der Waals surface area contributed by atoms with Gasteiger partial charge in [0, 0.05) is 38.4 Å². The summed E-state index contributed by atoms with van der Waals surface area (Å²) >= 11 is 5.81. The molecular formula is C19H22ClNO9. The van der Waals surface area contributed by atoms with Gasteiger partial charge in [-0.25, -0.2) is 0 Å². The quantitative estimate of drug-likeness (QED) is 0.446. The van der Waals surface area contributed by atoms with Gasteiger partial charge < -0.3 is 24.3 Å². The Balaban J connectivity index is 3.25. The number of carbonyl (C=O) groups excluding carboxylic acids is 5. The van der Waals surface area contributed by atoms with Crippen molar-refractivity contribution in [1.29, 1.82) is 0 Å². The van der Waals surface area contributed by atoms with Gasteiger partial charge in [0.1, 0.15) is 6.61 Å². The van der Waals surface area contributed by atoms with E-state index in [1.54, 1.807) is 0 Å². The van der Waals surface area contributed by atoms with Gasteiger partial charge >= 0.3 is 23.9 Å². The summed E-state index contributed by atoms with van der Waals surface area (Å²) in [7, 11) is 0. The molecule has 0 aliphatic rings. The molecule has 0 fully saturated rings. The second-order valence-electron chi connectivity index (χ2n) is 6.05. The molecule has 1 aromatic carbocycles. The summed E-state index contributed by atoms with van der Waals surface area (Å²) in [6.45, 7) is 3.73. The molecule has 0 heterocycles. The maximum absolute atomic E-state index is 12.8. The first-order valence-corrected chi connectivity index (χ1v) is 9.08. The normalized spacial score (nSPS) is 13.2. The number of halogens is 1. The molecule has 1 aromatic rings. The Hall–Kier alpha value is -3.14. The van der Waals surface area contributed by atoms with Crippen molar-refractivity contribution in [3.8, 4) is 0 Å². The maximum Gasteiger partial charge on any atom is 0.303 e. The Morgan fingerprint density at radius 3 is 1.83 bits per heavy atom. The fourth-order valence-electron chi connectivity index (χ4n) is 2.33. The van der Waals surface area contributed by atoms with E-state index in [0.717, 1.165) is 27.7 Å². The zero-order valence-corrected chi connectivity index (χ0v) is 17.6. The number of benzene rings is 1. The highest BCUT2D eigenvalue weighted by Gasteiger charge is 2.42. The van der Waals surface area contributed by atoms with Crippen molar-refractivity contribution in [3.63, 3.8) is 0 Å². The smallest absolute Gasteiger partial charge is 0.303 e. The molecule has 0 radical (unpaired) electrons. The van der Waals surface area contributed by atoms with E-state index in [1.807, 2.05) is 0 Å². The van der Waals surface area contributed by atoms with Crippen LogP contribution in [0.4, 0.5) is 5.69 Å². The SMILES string of the molecule is CC(=O)OC[C@H](OC(C)=O)[C@H](OC(C)=O)[C@@H](OC(C)=O)C(=O)Nc1ccc(Cl)cc1. The fourth-order valence-corrected chi connectivity index (χ4v) is 2.45. The summed E-state index contributed by atoms with van der Waals surface area (Å²) in [5, 5.41) is 2.92. The van der Waals surface area contributed by atoms with Crippen LogP contribution in [0.15, 0.2) is 24.3 Å². The van der Waals surface area contributed by atoms with Gasteiger partial charge in [-0.2, -0.15) is 0 Å². The van der Waals surface area contributed by atoms with Gasteiger partial charge in [-0.05, 0) is 24.3 Å². The van der Waals surface area contributed by atoms with Gasteiger partial charge in [0.2, 0.25) is 6.10 Å². The van der Waals surface area contributed by atoms with E-state index < -0.39 is 54.7 Å². The molecule has 0 bridgehead atoms. The van der Waals surface area contributed by atoms with E-state index in [4.69, 9.17) is 30.5 Å². The minimum Gasteiger partial charge on any atom is -0.462 e. The highest BCUT2D eigenvalue weighted by atomic mass is 35.5. The van der Waals surface area contributed by atoms with Gasteiger partial charge in [0.15, 0.2) is 12.2 Å². The molecule has 30 heavy (non-hydrogen) atoms. The van der Waals surface area contributed by atoms with Crippen molar-refractivity contribution in [3.05, 3.63) is 29.3 Å². The Labute approximate surface area is 177 Å². The van der Waals surface area contributed by atoms with Crippen LogP contribution in [-0.4, -0.2) is 54.7 Å². The van der Waals surface area contributed by atoms with Gasteiger partial charge in [-0.3, -0.25) is 24.0 Å². The summed E-state index contributed by atoms with van der Waals surface area (Å²) in [5.41, 5.74) is 0.312. The van der Waals surface area contributed by atoms with Crippen LogP contribution < -0.4 is 5.32 Å². The van der Waals surface area contributed by atoms with E-state index in [9.17, 15) is 24.0 Å². The molecule has 10 nitrogen and oxygen atoms in total. The van der Waals surface area contributed by atoms with E-state index >= 15 is 0 Å². The van der Waals surface area contributed by atoms with Crippen LogP contribution in [0.25, 0.3) is 0 Å². The first kappa shape index (κ1) is 24.9. The molecule has 0 aliphatic carbocycles. The summed E-state index contributed by atoms with van der Waals surface area (Å²) in [6.07, 6.45) is -4.74. The topological polar surface area (TPSA) is 134 Å². The highest BCUT2D eigenvalue weighted by molar-refractivity contribution is 6.30.